The minimum Gasteiger partial charge on any atom is -0.381 e. The summed E-state index contributed by atoms with van der Waals surface area (Å²) < 4.78 is 19.8. The van der Waals surface area contributed by atoms with Crippen molar-refractivity contribution in [3.05, 3.63) is 123 Å². The number of aromatic nitrogens is 1. The molecule has 3 aliphatic heterocycles. The highest BCUT2D eigenvalue weighted by Crippen LogP contribution is 2.46. The predicted molar refractivity (Wildman–Crippen MR) is 203 cm³/mol. The second-order valence-corrected chi connectivity index (χ2v) is 15.0. The highest BCUT2D eigenvalue weighted by Gasteiger charge is 2.45. The third-order valence-electron chi connectivity index (χ3n) is 10.1. The van der Waals surface area contributed by atoms with E-state index in [4.69, 9.17) is 16.3 Å². The fraction of sp³-hybridized carbons (Fsp3) is 0.250. The zero-order chi connectivity index (χ0) is 36.0. The van der Waals surface area contributed by atoms with Gasteiger partial charge in [0.1, 0.15) is 16.5 Å². The maximum absolute atomic E-state index is 14.3. The molecule has 2 N–H and O–H groups in total. The van der Waals surface area contributed by atoms with E-state index in [0.717, 1.165) is 60.7 Å². The van der Waals surface area contributed by atoms with Crippen molar-refractivity contribution in [1.82, 2.24) is 4.98 Å². The Hall–Kier alpha value is -5.10. The quantitative estimate of drug-likeness (QED) is 0.182. The van der Waals surface area contributed by atoms with E-state index in [-0.39, 0.29) is 27.8 Å². The lowest BCUT2D eigenvalue weighted by Gasteiger charge is -2.53. The molecule has 0 unspecified atom stereocenters. The van der Waals surface area contributed by atoms with Crippen LogP contribution in [0.15, 0.2) is 85.1 Å². The number of amides is 3. The topological polar surface area (TPSA) is 104 Å². The number of thiophene rings is 1. The Morgan fingerprint density at radius 3 is 2.44 bits per heavy atom. The molecule has 3 amide bonds. The lowest BCUT2D eigenvalue weighted by Crippen LogP contribution is -2.59. The Bertz CT molecular complexity index is 2210. The van der Waals surface area contributed by atoms with Crippen molar-refractivity contribution in [2.24, 2.45) is 5.41 Å². The maximum Gasteiger partial charge on any atom is 0.267 e. The van der Waals surface area contributed by atoms with E-state index in [9.17, 15) is 18.8 Å². The van der Waals surface area contributed by atoms with Gasteiger partial charge in [0, 0.05) is 66.2 Å². The molecule has 5 aromatic rings. The lowest BCUT2D eigenvalue weighted by atomic mass is 9.73. The summed E-state index contributed by atoms with van der Waals surface area (Å²) in [4.78, 5) is 50.5. The summed E-state index contributed by atoms with van der Waals surface area (Å²) in [5, 5.41) is 5.92. The van der Waals surface area contributed by atoms with Gasteiger partial charge in [0.05, 0.1) is 22.0 Å². The van der Waals surface area contributed by atoms with E-state index < -0.39 is 11.7 Å². The number of anilines is 4. The molecule has 264 valence electrons. The Labute approximate surface area is 309 Å². The molecule has 0 aliphatic carbocycles. The molecule has 5 heterocycles. The molecule has 3 aliphatic rings. The molecular weight excluding hydrogens is 701 g/mol. The summed E-state index contributed by atoms with van der Waals surface area (Å²) in [6, 6.07) is 22.2. The Kier molecular flexibility index (Phi) is 9.02. The van der Waals surface area contributed by atoms with Crippen LogP contribution >= 0.6 is 22.9 Å². The van der Waals surface area contributed by atoms with Gasteiger partial charge in [-0.15, -0.1) is 11.3 Å². The summed E-state index contributed by atoms with van der Waals surface area (Å²) in [6.07, 6.45) is 4.24. The molecule has 0 bridgehead atoms. The molecule has 0 saturated carbocycles. The monoisotopic (exact) mass is 735 g/mol. The number of carbonyl (C=O) groups excluding carboxylic acids is 3. The van der Waals surface area contributed by atoms with Crippen LogP contribution < -0.4 is 20.4 Å². The predicted octanol–water partition coefficient (Wildman–Crippen LogP) is 8.24. The van der Waals surface area contributed by atoms with Crippen LogP contribution in [0.3, 0.4) is 0 Å². The van der Waals surface area contributed by atoms with Crippen molar-refractivity contribution in [3.63, 3.8) is 0 Å². The molecular formula is C40H35ClFN5O4S. The van der Waals surface area contributed by atoms with Crippen LogP contribution in [-0.2, 0) is 11.2 Å². The third kappa shape index (κ3) is 6.33. The van der Waals surface area contributed by atoms with Gasteiger partial charge in [0.25, 0.3) is 17.7 Å². The smallest absolute Gasteiger partial charge is 0.267 e. The second-order valence-electron chi connectivity index (χ2n) is 13.6. The molecule has 2 aromatic heterocycles. The number of para-hydroxylation sites is 2. The normalized spacial score (nSPS) is 16.0. The Morgan fingerprint density at radius 1 is 0.942 bits per heavy atom. The Balaban J connectivity index is 0.989. The van der Waals surface area contributed by atoms with Gasteiger partial charge in [-0.3, -0.25) is 14.4 Å². The number of carbonyl (C=O) groups is 3. The van der Waals surface area contributed by atoms with Crippen LogP contribution in [0.25, 0.3) is 10.4 Å². The fourth-order valence-electron chi connectivity index (χ4n) is 7.30. The molecule has 0 radical (unpaired) electrons. The largest absolute Gasteiger partial charge is 0.381 e. The van der Waals surface area contributed by atoms with E-state index in [1.54, 1.807) is 47.5 Å². The van der Waals surface area contributed by atoms with Crippen molar-refractivity contribution in [1.29, 1.82) is 0 Å². The van der Waals surface area contributed by atoms with Crippen LogP contribution in [0.2, 0.25) is 5.02 Å². The van der Waals surface area contributed by atoms with Crippen LogP contribution in [-0.4, -0.2) is 55.6 Å². The summed E-state index contributed by atoms with van der Waals surface area (Å²) in [7, 11) is 0. The molecule has 52 heavy (non-hydrogen) atoms. The van der Waals surface area contributed by atoms with Gasteiger partial charge < -0.3 is 25.2 Å². The van der Waals surface area contributed by atoms with Crippen LogP contribution in [0.1, 0.15) is 54.4 Å². The SMILES string of the molecule is Cc1cnc(N2CC3(CCOCC3)C2)c(C(=O)Nc2ccc(C(=O)N3CCc4c(sc(C(=O)Nc5ccccc5F)c4Cl)-c4ccccc43)cc2)c1. The number of benzene rings is 3. The van der Waals surface area contributed by atoms with Crippen LogP contribution in [0, 0.1) is 18.2 Å². The fourth-order valence-corrected chi connectivity index (χ4v) is 8.91. The van der Waals surface area contributed by atoms with Gasteiger partial charge in [0.15, 0.2) is 0 Å². The number of fused-ring (bicyclic) bond motifs is 3. The number of ether oxygens (including phenoxy) is 1. The van der Waals surface area contributed by atoms with Crippen molar-refractivity contribution in [2.45, 2.75) is 26.2 Å². The number of hydrogen-bond donors (Lipinski definition) is 2. The third-order valence-corrected chi connectivity index (χ3v) is 11.9. The van der Waals surface area contributed by atoms with Crippen LogP contribution in [0.5, 0.6) is 0 Å². The molecule has 2 saturated heterocycles. The van der Waals surface area contributed by atoms with E-state index in [1.165, 1.54) is 23.5 Å². The molecule has 3 aromatic carbocycles. The van der Waals surface area contributed by atoms with E-state index >= 15 is 0 Å². The summed E-state index contributed by atoms with van der Waals surface area (Å²) in [5.41, 5.74) is 4.95. The number of nitrogens with zero attached hydrogens (tertiary/aromatic N) is 3. The number of aryl methyl sites for hydroxylation is 1. The van der Waals surface area contributed by atoms with E-state index in [0.29, 0.717) is 46.3 Å². The molecule has 1 spiro atoms. The van der Waals surface area contributed by atoms with Crippen LogP contribution in [0.4, 0.5) is 27.3 Å². The summed E-state index contributed by atoms with van der Waals surface area (Å²) in [5.74, 6) is -0.824. The summed E-state index contributed by atoms with van der Waals surface area (Å²) in [6.45, 7) is 5.50. The van der Waals surface area contributed by atoms with Crippen molar-refractivity contribution >= 4 is 63.5 Å². The minimum atomic E-state index is -0.538. The first-order valence-corrected chi connectivity index (χ1v) is 18.4. The van der Waals surface area contributed by atoms with Gasteiger partial charge in [-0.25, -0.2) is 9.37 Å². The van der Waals surface area contributed by atoms with E-state index in [1.807, 2.05) is 37.3 Å². The number of hydrogen-bond acceptors (Lipinski definition) is 7. The average Bonchev–Trinajstić information content (AvgIpc) is 3.38. The standard InChI is InChI=1S/C40H35ClFN5O4S/c1-24-20-29(36(43-21-24)46-22-40(23-46)15-18-51-19-16-40)37(48)44-26-12-10-25(11-13-26)39(50)47-17-14-28-33(41)35(38(49)45-31-8-4-3-7-30(31)42)52-34(28)27-6-2-5-9-32(27)47/h2-13,20-21H,14-19,22-23H2,1H3,(H,44,48)(H,45,49). The second kappa shape index (κ2) is 13.8. The highest BCUT2D eigenvalue weighted by molar-refractivity contribution is 7.18. The van der Waals surface area contributed by atoms with E-state index in [2.05, 4.69) is 20.5 Å². The first-order valence-electron chi connectivity index (χ1n) is 17.2. The van der Waals surface area contributed by atoms with Crippen molar-refractivity contribution < 1.29 is 23.5 Å². The van der Waals surface area contributed by atoms with Crippen molar-refractivity contribution in [3.8, 4) is 10.4 Å². The zero-order valence-corrected chi connectivity index (χ0v) is 30.0. The Morgan fingerprint density at radius 2 is 1.67 bits per heavy atom. The molecule has 0 atom stereocenters. The van der Waals surface area contributed by atoms with Gasteiger partial charge in [0.2, 0.25) is 0 Å². The maximum atomic E-state index is 14.3. The average molecular weight is 736 g/mol. The molecule has 12 heteroatoms. The molecule has 9 nitrogen and oxygen atoms in total. The minimum absolute atomic E-state index is 0.0714. The highest BCUT2D eigenvalue weighted by atomic mass is 35.5. The summed E-state index contributed by atoms with van der Waals surface area (Å²) >= 11 is 8.04. The molecule has 2 fully saturated rings. The first kappa shape index (κ1) is 34.0. The van der Waals surface area contributed by atoms with Gasteiger partial charge in [-0.05, 0) is 85.8 Å². The van der Waals surface area contributed by atoms with Gasteiger partial charge in [-0.1, -0.05) is 41.9 Å². The number of rotatable bonds is 6. The van der Waals surface area contributed by atoms with Gasteiger partial charge >= 0.3 is 0 Å². The molecule has 8 rings (SSSR count). The van der Waals surface area contributed by atoms with Crippen molar-refractivity contribution in [2.75, 3.05) is 53.3 Å². The zero-order valence-electron chi connectivity index (χ0n) is 28.4. The van der Waals surface area contributed by atoms with Gasteiger partial charge in [-0.2, -0.15) is 0 Å². The first-order chi connectivity index (χ1) is 25.2. The number of halogens is 2. The number of nitrogens with one attached hydrogen (secondary N) is 2. The lowest BCUT2D eigenvalue weighted by molar-refractivity contribution is -0.000511. The number of pyridine rings is 1.